The molecule has 6 nitrogen and oxygen atoms in total. The molecule has 150 valence electrons. The van der Waals surface area contributed by atoms with Crippen molar-refractivity contribution in [2.24, 2.45) is 0 Å². The van der Waals surface area contributed by atoms with Crippen LogP contribution in [0.2, 0.25) is 0 Å². The topological polar surface area (TPSA) is 79.0 Å². The SMILES string of the molecule is Cc1[nH]nc(-c2ccncc2)c1-c1ccc(N2CCS(=O)(=O)CC2)c(C2CC2)c1. The molecule has 2 aromatic heterocycles. The zero-order valence-electron chi connectivity index (χ0n) is 16.4. The fourth-order valence-corrected chi connectivity index (χ4v) is 5.37. The molecule has 0 amide bonds. The molecule has 1 saturated carbocycles. The number of sulfone groups is 1. The molecule has 1 aromatic carbocycles. The third-order valence-corrected chi connectivity index (χ3v) is 7.53. The lowest BCUT2D eigenvalue weighted by molar-refractivity contribution is 0.586. The number of anilines is 1. The number of aromatic nitrogens is 3. The summed E-state index contributed by atoms with van der Waals surface area (Å²) in [5.41, 5.74) is 7.81. The largest absolute Gasteiger partial charge is 0.369 e. The van der Waals surface area contributed by atoms with Gasteiger partial charge in [0, 0.05) is 48.0 Å². The molecule has 1 aliphatic carbocycles. The molecule has 0 atom stereocenters. The monoisotopic (exact) mass is 408 g/mol. The van der Waals surface area contributed by atoms with E-state index in [0.717, 1.165) is 28.1 Å². The van der Waals surface area contributed by atoms with Crippen molar-refractivity contribution in [2.45, 2.75) is 25.7 Å². The molecule has 5 rings (SSSR count). The van der Waals surface area contributed by atoms with Gasteiger partial charge in [-0.3, -0.25) is 10.1 Å². The predicted octanol–water partition coefficient (Wildman–Crippen LogP) is 3.56. The number of H-pyrrole nitrogens is 1. The maximum absolute atomic E-state index is 11.8. The smallest absolute Gasteiger partial charge is 0.153 e. The van der Waals surface area contributed by atoms with E-state index in [0.29, 0.717) is 19.0 Å². The first-order valence-corrected chi connectivity index (χ1v) is 11.9. The predicted molar refractivity (Wildman–Crippen MR) is 115 cm³/mol. The Kier molecular flexibility index (Phi) is 4.42. The molecule has 29 heavy (non-hydrogen) atoms. The van der Waals surface area contributed by atoms with Crippen LogP contribution in [-0.2, 0) is 9.84 Å². The minimum atomic E-state index is -2.89. The molecule has 0 spiro atoms. The number of pyridine rings is 1. The number of rotatable bonds is 4. The van der Waals surface area contributed by atoms with Gasteiger partial charge in [-0.15, -0.1) is 0 Å². The second-order valence-electron chi connectivity index (χ2n) is 7.99. The molecular formula is C22H24N4O2S. The van der Waals surface area contributed by atoms with E-state index in [1.165, 1.54) is 24.1 Å². The quantitative estimate of drug-likeness (QED) is 0.714. The van der Waals surface area contributed by atoms with E-state index in [4.69, 9.17) is 0 Å². The molecule has 1 N–H and O–H groups in total. The summed E-state index contributed by atoms with van der Waals surface area (Å²) in [6, 6.07) is 10.6. The molecule has 2 aliphatic rings. The van der Waals surface area contributed by atoms with Gasteiger partial charge in [0.1, 0.15) is 5.69 Å². The fourth-order valence-electron chi connectivity index (χ4n) is 4.17. The van der Waals surface area contributed by atoms with Crippen molar-refractivity contribution in [3.05, 3.63) is 54.0 Å². The van der Waals surface area contributed by atoms with Gasteiger partial charge in [-0.05, 0) is 61.1 Å². The standard InChI is InChI=1S/C22H24N4O2S/c1-15-21(22(25-24-15)17-6-8-23-9-7-17)18-4-5-20(19(14-18)16-2-3-16)26-10-12-29(27,28)13-11-26/h4-9,14,16H,2-3,10-13H2,1H3,(H,24,25). The van der Waals surface area contributed by atoms with Crippen LogP contribution in [0.4, 0.5) is 5.69 Å². The molecule has 1 aliphatic heterocycles. The maximum atomic E-state index is 11.8. The number of nitrogens with zero attached hydrogens (tertiary/aromatic N) is 3. The molecule has 0 unspecified atom stereocenters. The van der Waals surface area contributed by atoms with Gasteiger partial charge in [0.05, 0.1) is 11.5 Å². The second kappa shape index (κ2) is 6.99. The van der Waals surface area contributed by atoms with Crippen LogP contribution in [0.1, 0.15) is 30.0 Å². The Morgan fingerprint density at radius 1 is 1.03 bits per heavy atom. The van der Waals surface area contributed by atoms with Crippen LogP contribution >= 0.6 is 0 Å². The number of hydrogen-bond donors (Lipinski definition) is 1. The Morgan fingerprint density at radius 3 is 2.45 bits per heavy atom. The average molecular weight is 409 g/mol. The lowest BCUT2D eigenvalue weighted by atomic mass is 9.95. The van der Waals surface area contributed by atoms with Crippen LogP contribution in [0.3, 0.4) is 0 Å². The van der Waals surface area contributed by atoms with Crippen molar-refractivity contribution in [3.8, 4) is 22.4 Å². The summed E-state index contributed by atoms with van der Waals surface area (Å²) in [7, 11) is -2.89. The van der Waals surface area contributed by atoms with Crippen LogP contribution in [0.25, 0.3) is 22.4 Å². The van der Waals surface area contributed by atoms with Crippen LogP contribution in [0.5, 0.6) is 0 Å². The minimum absolute atomic E-state index is 0.242. The van der Waals surface area contributed by atoms with Gasteiger partial charge in [-0.25, -0.2) is 8.42 Å². The molecule has 3 aromatic rings. The van der Waals surface area contributed by atoms with Crippen molar-refractivity contribution in [1.82, 2.24) is 15.2 Å². The summed E-state index contributed by atoms with van der Waals surface area (Å²) in [4.78, 5) is 6.35. The Balaban J connectivity index is 1.55. The van der Waals surface area contributed by atoms with Gasteiger partial charge >= 0.3 is 0 Å². The van der Waals surface area contributed by atoms with E-state index in [9.17, 15) is 8.42 Å². The Labute approximate surface area is 170 Å². The summed E-state index contributed by atoms with van der Waals surface area (Å²) in [6.45, 7) is 3.20. The third kappa shape index (κ3) is 3.55. The molecule has 1 saturated heterocycles. The summed E-state index contributed by atoms with van der Waals surface area (Å²) in [6.07, 6.45) is 5.97. The van der Waals surface area contributed by atoms with Gasteiger partial charge in [0.25, 0.3) is 0 Å². The first-order valence-electron chi connectivity index (χ1n) is 10.1. The van der Waals surface area contributed by atoms with Crippen molar-refractivity contribution in [1.29, 1.82) is 0 Å². The molecule has 0 bridgehead atoms. The van der Waals surface area contributed by atoms with Crippen LogP contribution < -0.4 is 4.90 Å². The summed E-state index contributed by atoms with van der Waals surface area (Å²) in [5.74, 6) is 1.05. The van der Waals surface area contributed by atoms with Crippen LogP contribution in [0, 0.1) is 6.92 Å². The second-order valence-corrected chi connectivity index (χ2v) is 10.3. The van der Waals surface area contributed by atoms with Gasteiger partial charge < -0.3 is 4.90 Å². The van der Waals surface area contributed by atoms with Crippen LogP contribution in [0.15, 0.2) is 42.7 Å². The van der Waals surface area contributed by atoms with Crippen molar-refractivity contribution < 1.29 is 8.42 Å². The molecule has 7 heteroatoms. The van der Waals surface area contributed by atoms with Crippen molar-refractivity contribution >= 4 is 15.5 Å². The number of aromatic amines is 1. The maximum Gasteiger partial charge on any atom is 0.153 e. The normalized spacial score (nSPS) is 18.7. The lowest BCUT2D eigenvalue weighted by Gasteiger charge is -2.31. The average Bonchev–Trinajstić information content (AvgIpc) is 3.50. The lowest BCUT2D eigenvalue weighted by Crippen LogP contribution is -2.40. The minimum Gasteiger partial charge on any atom is -0.369 e. The molecule has 0 radical (unpaired) electrons. The van der Waals surface area contributed by atoms with Gasteiger partial charge in [-0.2, -0.15) is 5.10 Å². The fraction of sp³-hybridized carbons (Fsp3) is 0.364. The third-order valence-electron chi connectivity index (χ3n) is 5.92. The van der Waals surface area contributed by atoms with E-state index in [1.807, 2.05) is 19.1 Å². The molecular weight excluding hydrogens is 384 g/mol. The van der Waals surface area contributed by atoms with E-state index < -0.39 is 9.84 Å². The number of aryl methyl sites for hydroxylation is 1. The summed E-state index contributed by atoms with van der Waals surface area (Å²) < 4.78 is 23.7. The highest BCUT2D eigenvalue weighted by Gasteiger charge is 2.31. The van der Waals surface area contributed by atoms with Crippen LogP contribution in [-0.4, -0.2) is 48.2 Å². The zero-order chi connectivity index (χ0) is 20.0. The van der Waals surface area contributed by atoms with Crippen molar-refractivity contribution in [3.63, 3.8) is 0 Å². The van der Waals surface area contributed by atoms with Gasteiger partial charge in [0.2, 0.25) is 0 Å². The number of benzene rings is 1. The molecule has 3 heterocycles. The highest BCUT2D eigenvalue weighted by molar-refractivity contribution is 7.91. The van der Waals surface area contributed by atoms with Crippen molar-refractivity contribution in [2.75, 3.05) is 29.5 Å². The van der Waals surface area contributed by atoms with Gasteiger partial charge in [-0.1, -0.05) is 6.07 Å². The molecule has 2 fully saturated rings. The summed E-state index contributed by atoms with van der Waals surface area (Å²) in [5, 5.41) is 7.69. The summed E-state index contributed by atoms with van der Waals surface area (Å²) >= 11 is 0. The highest BCUT2D eigenvalue weighted by atomic mass is 32.2. The Hall–Kier alpha value is -2.67. The zero-order valence-corrected chi connectivity index (χ0v) is 17.2. The Morgan fingerprint density at radius 2 is 1.76 bits per heavy atom. The highest BCUT2D eigenvalue weighted by Crippen LogP contribution is 2.46. The van der Waals surface area contributed by atoms with E-state index >= 15 is 0 Å². The number of nitrogens with one attached hydrogen (secondary N) is 1. The van der Waals surface area contributed by atoms with E-state index in [2.05, 4.69) is 38.3 Å². The number of hydrogen-bond acceptors (Lipinski definition) is 5. The first-order chi connectivity index (χ1) is 14.0. The van der Waals surface area contributed by atoms with E-state index in [-0.39, 0.29) is 11.5 Å². The first kappa shape index (κ1) is 18.4. The van der Waals surface area contributed by atoms with Gasteiger partial charge in [0.15, 0.2) is 9.84 Å². The van der Waals surface area contributed by atoms with E-state index in [1.54, 1.807) is 12.4 Å². The Bertz CT molecular complexity index is 1140.